The van der Waals surface area contributed by atoms with Crippen LogP contribution in [-0.2, 0) is 0 Å². The lowest BCUT2D eigenvalue weighted by atomic mass is 10.0. The van der Waals surface area contributed by atoms with Crippen LogP contribution in [0, 0.1) is 18.6 Å². The van der Waals surface area contributed by atoms with E-state index >= 15 is 0 Å². The lowest BCUT2D eigenvalue weighted by Crippen LogP contribution is -2.17. The third-order valence-electron chi connectivity index (χ3n) is 5.10. The number of aryl methyl sites for hydroxylation is 1. The lowest BCUT2D eigenvalue weighted by molar-refractivity contribution is -0.275. The molecule has 4 rings (SSSR count). The fraction of sp³-hybridized carbons (Fsp3) is 0.111. The molecule has 0 aliphatic heterocycles. The van der Waals surface area contributed by atoms with E-state index < -0.39 is 23.7 Å². The Balaban J connectivity index is 1.35. The quantitative estimate of drug-likeness (QED) is 0.196. The van der Waals surface area contributed by atoms with Crippen LogP contribution in [0.25, 0.3) is 22.3 Å². The first-order valence-electron chi connectivity index (χ1n) is 10.5. The molecule has 0 atom stereocenters. The number of hydrogen-bond acceptors (Lipinski definition) is 3. The molecule has 35 heavy (non-hydrogen) atoms. The van der Waals surface area contributed by atoms with Crippen LogP contribution in [0.1, 0.15) is 5.56 Å². The largest absolute Gasteiger partial charge is 0.573 e. The molecule has 0 aliphatic rings. The van der Waals surface area contributed by atoms with E-state index in [-0.39, 0.29) is 6.79 Å². The molecule has 8 heteroatoms. The molecule has 0 unspecified atom stereocenters. The zero-order valence-electron chi connectivity index (χ0n) is 18.4. The fourth-order valence-corrected chi connectivity index (χ4v) is 3.35. The number of halogens is 5. The van der Waals surface area contributed by atoms with E-state index in [1.54, 1.807) is 36.4 Å². The molecular formula is C27H19F5O3. The summed E-state index contributed by atoms with van der Waals surface area (Å²) in [5, 5.41) is 0. The van der Waals surface area contributed by atoms with Crippen molar-refractivity contribution in [2.75, 3.05) is 6.79 Å². The summed E-state index contributed by atoms with van der Waals surface area (Å²) in [4.78, 5) is 0. The molecule has 0 radical (unpaired) electrons. The third-order valence-corrected chi connectivity index (χ3v) is 5.10. The first kappa shape index (κ1) is 24.1. The van der Waals surface area contributed by atoms with Crippen molar-refractivity contribution in [2.45, 2.75) is 13.3 Å². The molecule has 0 bridgehead atoms. The van der Waals surface area contributed by atoms with Gasteiger partial charge in [-0.1, -0.05) is 48.0 Å². The van der Waals surface area contributed by atoms with E-state index in [0.29, 0.717) is 28.2 Å². The van der Waals surface area contributed by atoms with Crippen LogP contribution in [0.4, 0.5) is 22.0 Å². The summed E-state index contributed by atoms with van der Waals surface area (Å²) in [7, 11) is 0. The second kappa shape index (κ2) is 10.0. The van der Waals surface area contributed by atoms with Crippen LogP contribution >= 0.6 is 0 Å². The summed E-state index contributed by atoms with van der Waals surface area (Å²) in [5.74, 6) is -1.72. The molecule has 3 nitrogen and oxygen atoms in total. The Bertz CT molecular complexity index is 1300. The Morgan fingerprint density at radius 1 is 0.629 bits per heavy atom. The van der Waals surface area contributed by atoms with Crippen molar-refractivity contribution < 1.29 is 36.2 Å². The summed E-state index contributed by atoms with van der Waals surface area (Å²) in [6.07, 6.45) is -4.97. The Morgan fingerprint density at radius 3 is 1.86 bits per heavy atom. The van der Waals surface area contributed by atoms with Gasteiger partial charge in [0.05, 0.1) is 0 Å². The topological polar surface area (TPSA) is 27.7 Å². The van der Waals surface area contributed by atoms with E-state index in [1.165, 1.54) is 12.1 Å². The number of alkyl halides is 3. The van der Waals surface area contributed by atoms with Gasteiger partial charge in [0, 0.05) is 11.6 Å². The smallest absolute Gasteiger partial charge is 0.458 e. The van der Waals surface area contributed by atoms with Crippen molar-refractivity contribution in [1.82, 2.24) is 0 Å². The van der Waals surface area contributed by atoms with Gasteiger partial charge >= 0.3 is 6.36 Å². The maximum absolute atomic E-state index is 14.5. The van der Waals surface area contributed by atoms with Crippen LogP contribution in [0.15, 0.2) is 84.9 Å². The molecule has 0 amide bonds. The van der Waals surface area contributed by atoms with E-state index in [9.17, 15) is 22.0 Å². The average molecular weight is 486 g/mol. The van der Waals surface area contributed by atoms with E-state index in [0.717, 1.165) is 23.3 Å². The van der Waals surface area contributed by atoms with Crippen LogP contribution in [0.2, 0.25) is 0 Å². The highest BCUT2D eigenvalue weighted by atomic mass is 19.4. The van der Waals surface area contributed by atoms with Gasteiger partial charge in [-0.05, 0) is 60.0 Å². The Hall–Kier alpha value is -4.07. The molecule has 4 aromatic carbocycles. The monoisotopic (exact) mass is 486 g/mol. The van der Waals surface area contributed by atoms with Gasteiger partial charge in [0.1, 0.15) is 17.3 Å². The minimum absolute atomic E-state index is 0.180. The molecule has 0 saturated carbocycles. The van der Waals surface area contributed by atoms with Crippen LogP contribution in [0.5, 0.6) is 17.2 Å². The zero-order valence-corrected chi connectivity index (χ0v) is 18.4. The molecule has 4 aromatic rings. The molecule has 180 valence electrons. The minimum atomic E-state index is -4.97. The second-order valence-electron chi connectivity index (χ2n) is 7.63. The van der Waals surface area contributed by atoms with Gasteiger partial charge in [0.15, 0.2) is 11.6 Å². The van der Waals surface area contributed by atoms with Gasteiger partial charge in [-0.2, -0.15) is 0 Å². The number of hydrogen-bond donors (Lipinski definition) is 0. The average Bonchev–Trinajstić information content (AvgIpc) is 2.81. The third kappa shape index (κ3) is 6.29. The summed E-state index contributed by atoms with van der Waals surface area (Å²) < 4.78 is 79.9. The normalized spacial score (nSPS) is 11.3. The Kier molecular flexibility index (Phi) is 6.91. The second-order valence-corrected chi connectivity index (χ2v) is 7.63. The summed E-state index contributed by atoms with van der Waals surface area (Å²) >= 11 is 0. The number of ether oxygens (including phenoxy) is 3. The standard InChI is InChI=1S/C27H19F5O3/c1-17-2-4-19(5-3-17)23-12-11-22(15-24(23)28)34-16-33-21-9-6-18(7-10-21)20-8-13-26(25(29)14-20)35-27(30,31)32/h2-15H,16H2,1H3. The first-order chi connectivity index (χ1) is 16.7. The van der Waals surface area contributed by atoms with Gasteiger partial charge in [-0.15, -0.1) is 13.2 Å². The predicted molar refractivity (Wildman–Crippen MR) is 121 cm³/mol. The van der Waals surface area contributed by atoms with Gasteiger partial charge in [0.2, 0.25) is 6.79 Å². The number of benzene rings is 4. The zero-order chi connectivity index (χ0) is 25.0. The van der Waals surface area contributed by atoms with Crippen molar-refractivity contribution in [2.24, 2.45) is 0 Å². The minimum Gasteiger partial charge on any atom is -0.458 e. The highest BCUT2D eigenvalue weighted by Gasteiger charge is 2.32. The van der Waals surface area contributed by atoms with Gasteiger partial charge in [-0.3, -0.25) is 0 Å². The van der Waals surface area contributed by atoms with E-state index in [4.69, 9.17) is 9.47 Å². The molecule has 0 N–H and O–H groups in total. The molecule has 0 aliphatic carbocycles. The molecule has 0 heterocycles. The van der Waals surface area contributed by atoms with Crippen LogP contribution in [-0.4, -0.2) is 13.2 Å². The van der Waals surface area contributed by atoms with E-state index in [1.807, 2.05) is 31.2 Å². The van der Waals surface area contributed by atoms with Crippen molar-refractivity contribution in [3.8, 4) is 39.5 Å². The molecule has 0 fully saturated rings. The Labute approximate surface area is 198 Å². The Morgan fingerprint density at radius 2 is 1.23 bits per heavy atom. The fourth-order valence-electron chi connectivity index (χ4n) is 3.35. The maximum atomic E-state index is 14.5. The molecular weight excluding hydrogens is 467 g/mol. The SMILES string of the molecule is Cc1ccc(-c2ccc(OCOc3ccc(-c4ccc(OC(F)(F)F)c(F)c4)cc3)cc2F)cc1. The van der Waals surface area contributed by atoms with Crippen molar-refractivity contribution in [3.05, 3.63) is 102 Å². The first-order valence-corrected chi connectivity index (χ1v) is 10.5. The highest BCUT2D eigenvalue weighted by Crippen LogP contribution is 2.31. The maximum Gasteiger partial charge on any atom is 0.573 e. The van der Waals surface area contributed by atoms with Crippen molar-refractivity contribution >= 4 is 0 Å². The summed E-state index contributed by atoms with van der Waals surface area (Å²) in [5.41, 5.74) is 3.23. The van der Waals surface area contributed by atoms with Gasteiger partial charge in [0.25, 0.3) is 0 Å². The summed E-state index contributed by atoms with van der Waals surface area (Å²) in [6.45, 7) is 1.78. The number of rotatable bonds is 7. The molecule has 0 saturated heterocycles. The summed E-state index contributed by atoms with van der Waals surface area (Å²) in [6, 6.07) is 21.7. The molecule has 0 aromatic heterocycles. The van der Waals surface area contributed by atoms with E-state index in [2.05, 4.69) is 4.74 Å². The lowest BCUT2D eigenvalue weighted by Gasteiger charge is -2.12. The van der Waals surface area contributed by atoms with Crippen molar-refractivity contribution in [3.63, 3.8) is 0 Å². The molecule has 0 spiro atoms. The van der Waals surface area contributed by atoms with Gasteiger partial charge in [-0.25, -0.2) is 8.78 Å². The van der Waals surface area contributed by atoms with Crippen LogP contribution < -0.4 is 14.2 Å². The highest BCUT2D eigenvalue weighted by molar-refractivity contribution is 5.66. The van der Waals surface area contributed by atoms with Gasteiger partial charge < -0.3 is 14.2 Å². The van der Waals surface area contributed by atoms with Crippen LogP contribution in [0.3, 0.4) is 0 Å². The predicted octanol–water partition coefficient (Wildman–Crippen LogP) is 7.92. The van der Waals surface area contributed by atoms with Crippen molar-refractivity contribution in [1.29, 1.82) is 0 Å².